The van der Waals surface area contributed by atoms with Crippen LogP contribution in [-0.4, -0.2) is 10.8 Å². The average Bonchev–Trinajstić information content (AvgIpc) is 2.50. The van der Waals surface area contributed by atoms with Gasteiger partial charge in [-0.3, -0.25) is 4.99 Å². The van der Waals surface area contributed by atoms with Crippen LogP contribution in [0, 0.1) is 11.3 Å². The maximum atomic E-state index is 9.86. The zero-order valence-electron chi connectivity index (χ0n) is 11.4. The molecule has 0 aromatic heterocycles. The van der Waals surface area contributed by atoms with Crippen LogP contribution < -0.4 is 0 Å². The summed E-state index contributed by atoms with van der Waals surface area (Å²) in [6.07, 6.45) is 0.758. The van der Waals surface area contributed by atoms with Crippen LogP contribution in [0.1, 0.15) is 30.0 Å². The molecule has 3 nitrogen and oxygen atoms in total. The number of hydrogen-bond donors (Lipinski definition) is 1. The normalized spacial score (nSPS) is 11.1. The summed E-state index contributed by atoms with van der Waals surface area (Å²) >= 11 is 0. The first-order chi connectivity index (χ1) is 9.74. The molecule has 0 aliphatic rings. The third-order valence-corrected chi connectivity index (χ3v) is 3.09. The topological polar surface area (TPSA) is 56.4 Å². The zero-order chi connectivity index (χ0) is 14.4. The van der Waals surface area contributed by atoms with Crippen LogP contribution in [0.15, 0.2) is 53.5 Å². The zero-order valence-corrected chi connectivity index (χ0v) is 11.4. The highest BCUT2D eigenvalue weighted by molar-refractivity contribution is 6.02. The maximum absolute atomic E-state index is 9.86. The quantitative estimate of drug-likeness (QED) is 0.857. The van der Waals surface area contributed by atoms with Crippen LogP contribution in [0.25, 0.3) is 0 Å². The number of phenols is 1. The van der Waals surface area contributed by atoms with Crippen LogP contribution in [0.4, 0.5) is 0 Å². The highest BCUT2D eigenvalue weighted by Crippen LogP contribution is 2.18. The van der Waals surface area contributed by atoms with Gasteiger partial charge in [-0.2, -0.15) is 5.26 Å². The predicted octanol–water partition coefficient (Wildman–Crippen LogP) is 3.66. The minimum Gasteiger partial charge on any atom is -0.507 e. The van der Waals surface area contributed by atoms with Crippen molar-refractivity contribution in [2.75, 3.05) is 0 Å². The Morgan fingerprint density at radius 1 is 1.15 bits per heavy atom. The van der Waals surface area contributed by atoms with Gasteiger partial charge >= 0.3 is 0 Å². The molecule has 2 aromatic rings. The van der Waals surface area contributed by atoms with Gasteiger partial charge in [-0.1, -0.05) is 31.2 Å². The number of hydrogen-bond acceptors (Lipinski definition) is 3. The first-order valence-corrected chi connectivity index (χ1v) is 6.55. The molecule has 0 saturated carbocycles. The number of nitrogens with zero attached hydrogens (tertiary/aromatic N) is 2. The molecule has 0 fully saturated rings. The molecule has 100 valence electrons. The summed E-state index contributed by atoms with van der Waals surface area (Å²) in [5.74, 6) is 0.257. The van der Waals surface area contributed by atoms with Gasteiger partial charge in [0.2, 0.25) is 0 Å². The molecule has 0 amide bonds. The van der Waals surface area contributed by atoms with Gasteiger partial charge in [-0.15, -0.1) is 0 Å². The van der Waals surface area contributed by atoms with Crippen molar-refractivity contribution in [3.63, 3.8) is 0 Å². The van der Waals surface area contributed by atoms with Gasteiger partial charge < -0.3 is 5.11 Å². The van der Waals surface area contributed by atoms with Crippen molar-refractivity contribution in [2.45, 2.75) is 19.9 Å². The molecule has 2 aromatic carbocycles. The van der Waals surface area contributed by atoms with Crippen molar-refractivity contribution in [3.05, 3.63) is 65.2 Å². The Kier molecular flexibility index (Phi) is 4.52. The van der Waals surface area contributed by atoms with Gasteiger partial charge in [0.15, 0.2) is 0 Å². The van der Waals surface area contributed by atoms with E-state index in [0.29, 0.717) is 12.1 Å². The van der Waals surface area contributed by atoms with E-state index in [1.165, 1.54) is 0 Å². The minimum absolute atomic E-state index is 0.257. The molecule has 20 heavy (non-hydrogen) atoms. The molecule has 0 spiro atoms. The van der Waals surface area contributed by atoms with Gasteiger partial charge in [-0.05, 0) is 36.2 Å². The maximum Gasteiger partial charge on any atom is 0.124 e. The van der Waals surface area contributed by atoms with E-state index < -0.39 is 0 Å². The first-order valence-electron chi connectivity index (χ1n) is 6.55. The van der Waals surface area contributed by atoms with Crippen molar-refractivity contribution >= 4 is 5.71 Å². The van der Waals surface area contributed by atoms with E-state index in [1.54, 1.807) is 24.3 Å². The lowest BCUT2D eigenvalue weighted by atomic mass is 10.1. The molecule has 0 radical (unpaired) electrons. The fourth-order valence-electron chi connectivity index (χ4n) is 1.98. The van der Waals surface area contributed by atoms with Gasteiger partial charge in [0.25, 0.3) is 0 Å². The summed E-state index contributed by atoms with van der Waals surface area (Å²) in [5.41, 5.74) is 3.36. The Balaban J connectivity index is 2.20. The van der Waals surface area contributed by atoms with Gasteiger partial charge in [0, 0.05) is 11.3 Å². The summed E-state index contributed by atoms with van der Waals surface area (Å²) < 4.78 is 0. The second-order valence-electron chi connectivity index (χ2n) is 4.44. The Morgan fingerprint density at radius 3 is 2.45 bits per heavy atom. The lowest BCUT2D eigenvalue weighted by Crippen LogP contribution is -2.00. The summed E-state index contributed by atoms with van der Waals surface area (Å²) in [6.45, 7) is 2.56. The second kappa shape index (κ2) is 6.53. The fourth-order valence-corrected chi connectivity index (χ4v) is 1.98. The van der Waals surface area contributed by atoms with E-state index in [4.69, 9.17) is 5.26 Å². The first kappa shape index (κ1) is 13.8. The number of aromatic hydroxyl groups is 1. The predicted molar refractivity (Wildman–Crippen MR) is 79.8 cm³/mol. The molecular weight excluding hydrogens is 248 g/mol. The lowest BCUT2D eigenvalue weighted by Gasteiger charge is -2.07. The van der Waals surface area contributed by atoms with Crippen molar-refractivity contribution in [1.29, 1.82) is 5.26 Å². The number of aliphatic imine (C=N–C) groups is 1. The smallest absolute Gasteiger partial charge is 0.124 e. The molecule has 0 unspecified atom stereocenters. The molecule has 1 N–H and O–H groups in total. The van der Waals surface area contributed by atoms with Crippen LogP contribution in [0.5, 0.6) is 5.75 Å². The van der Waals surface area contributed by atoms with Crippen molar-refractivity contribution in [2.24, 2.45) is 4.99 Å². The monoisotopic (exact) mass is 264 g/mol. The molecule has 0 heterocycles. The lowest BCUT2D eigenvalue weighted by molar-refractivity contribution is 0.474. The molecular formula is C17H16N2O. The molecule has 3 heteroatoms. The van der Waals surface area contributed by atoms with E-state index in [9.17, 15) is 5.11 Å². The Morgan fingerprint density at radius 2 is 1.85 bits per heavy atom. The van der Waals surface area contributed by atoms with Crippen LogP contribution >= 0.6 is 0 Å². The van der Waals surface area contributed by atoms with Crippen LogP contribution in [-0.2, 0) is 6.54 Å². The van der Waals surface area contributed by atoms with Gasteiger partial charge in [-0.25, -0.2) is 0 Å². The molecule has 0 aliphatic heterocycles. The Hall–Kier alpha value is -2.60. The minimum atomic E-state index is 0.257. The number of benzene rings is 2. The van der Waals surface area contributed by atoms with E-state index >= 15 is 0 Å². The van der Waals surface area contributed by atoms with Crippen molar-refractivity contribution in [1.82, 2.24) is 0 Å². The molecule has 0 saturated heterocycles. The Labute approximate surface area is 118 Å². The number of para-hydroxylation sites is 1. The molecule has 0 bridgehead atoms. The van der Waals surface area contributed by atoms with E-state index in [2.05, 4.69) is 11.1 Å². The third-order valence-electron chi connectivity index (χ3n) is 3.09. The highest BCUT2D eigenvalue weighted by atomic mass is 16.3. The number of rotatable bonds is 4. The average molecular weight is 264 g/mol. The number of phenolic OH excluding ortho intramolecular Hbond substituents is 1. The van der Waals surface area contributed by atoms with Crippen molar-refractivity contribution < 1.29 is 5.11 Å². The molecule has 0 atom stereocenters. The molecule has 0 aliphatic carbocycles. The summed E-state index contributed by atoms with van der Waals surface area (Å²) in [7, 11) is 0. The largest absolute Gasteiger partial charge is 0.507 e. The standard InChI is InChI=1S/C17H16N2O/c1-2-16(15-5-3-4-6-17(15)20)19-12-14-9-7-13(11-18)8-10-14/h3-10,20H,2,12H2,1H3. The van der Waals surface area contributed by atoms with Gasteiger partial charge in [0.1, 0.15) is 5.75 Å². The van der Waals surface area contributed by atoms with E-state index in [0.717, 1.165) is 23.3 Å². The summed E-state index contributed by atoms with van der Waals surface area (Å²) in [6, 6.07) is 16.7. The van der Waals surface area contributed by atoms with Crippen molar-refractivity contribution in [3.8, 4) is 11.8 Å². The van der Waals surface area contributed by atoms with Crippen LogP contribution in [0.2, 0.25) is 0 Å². The van der Waals surface area contributed by atoms with Gasteiger partial charge in [0.05, 0.1) is 18.2 Å². The Bertz CT molecular complexity index is 651. The number of nitriles is 1. The van der Waals surface area contributed by atoms with E-state index in [1.807, 2.05) is 31.2 Å². The third kappa shape index (κ3) is 3.24. The fraction of sp³-hybridized carbons (Fsp3) is 0.176. The highest BCUT2D eigenvalue weighted by Gasteiger charge is 2.05. The van der Waals surface area contributed by atoms with E-state index in [-0.39, 0.29) is 5.75 Å². The summed E-state index contributed by atoms with van der Waals surface area (Å²) in [4.78, 5) is 4.57. The summed E-state index contributed by atoms with van der Waals surface area (Å²) in [5, 5.41) is 18.6. The van der Waals surface area contributed by atoms with Crippen LogP contribution in [0.3, 0.4) is 0 Å². The molecule has 2 rings (SSSR count). The second-order valence-corrected chi connectivity index (χ2v) is 4.44. The SMILES string of the molecule is CCC(=NCc1ccc(C#N)cc1)c1ccccc1O.